The number of sulfonamides is 1. The van der Waals surface area contributed by atoms with Crippen molar-refractivity contribution in [2.45, 2.75) is 31.2 Å². The molecule has 1 N–H and O–H groups in total. The Morgan fingerprint density at radius 3 is 2.71 bits per heavy atom. The van der Waals surface area contributed by atoms with Gasteiger partial charge in [0.15, 0.2) is 0 Å². The second-order valence-corrected chi connectivity index (χ2v) is 7.71. The molecule has 0 aliphatic heterocycles. The standard InChI is InChI=1S/C16H22N4O3S/c1-4-5-11-20-15(9-10-17-20)18-16(21)13-7-6-8-14(12-13)24(22,23)19(2)3/h6-10,12H,4-5,11H2,1-3H3,(H,18,21). The highest BCUT2D eigenvalue weighted by Gasteiger charge is 2.19. The number of aromatic nitrogens is 2. The molecule has 7 nitrogen and oxygen atoms in total. The summed E-state index contributed by atoms with van der Waals surface area (Å²) < 4.78 is 27.2. The number of benzene rings is 1. The van der Waals surface area contributed by atoms with E-state index in [1.54, 1.807) is 29.1 Å². The van der Waals surface area contributed by atoms with Crippen molar-refractivity contribution in [3.63, 3.8) is 0 Å². The van der Waals surface area contributed by atoms with E-state index in [1.807, 2.05) is 0 Å². The maximum atomic E-state index is 12.4. The van der Waals surface area contributed by atoms with Crippen LogP contribution in [-0.4, -0.2) is 42.5 Å². The number of aryl methyl sites for hydroxylation is 1. The first-order valence-electron chi connectivity index (χ1n) is 7.72. The Morgan fingerprint density at radius 1 is 1.29 bits per heavy atom. The summed E-state index contributed by atoms with van der Waals surface area (Å²) in [6, 6.07) is 7.69. The smallest absolute Gasteiger partial charge is 0.256 e. The fraction of sp³-hybridized carbons (Fsp3) is 0.375. The van der Waals surface area contributed by atoms with Crippen LogP contribution in [0.25, 0.3) is 0 Å². The highest BCUT2D eigenvalue weighted by molar-refractivity contribution is 7.89. The van der Waals surface area contributed by atoms with Gasteiger partial charge in [0.1, 0.15) is 5.82 Å². The highest BCUT2D eigenvalue weighted by Crippen LogP contribution is 2.16. The van der Waals surface area contributed by atoms with E-state index in [1.165, 1.54) is 26.2 Å². The average molecular weight is 350 g/mol. The van der Waals surface area contributed by atoms with Gasteiger partial charge in [-0.2, -0.15) is 5.10 Å². The van der Waals surface area contributed by atoms with Gasteiger partial charge in [-0.1, -0.05) is 19.4 Å². The Labute approximate surface area is 142 Å². The summed E-state index contributed by atoms with van der Waals surface area (Å²) in [5.74, 6) is 0.221. The van der Waals surface area contributed by atoms with Crippen LogP contribution in [0.15, 0.2) is 41.4 Å². The third kappa shape index (κ3) is 4.01. The average Bonchev–Trinajstić information content (AvgIpc) is 2.99. The third-order valence-electron chi connectivity index (χ3n) is 3.56. The van der Waals surface area contributed by atoms with Crippen LogP contribution in [0.2, 0.25) is 0 Å². The Hall–Kier alpha value is -2.19. The van der Waals surface area contributed by atoms with E-state index >= 15 is 0 Å². The molecule has 0 atom stereocenters. The predicted octanol–water partition coefficient (Wildman–Crippen LogP) is 2.19. The molecule has 24 heavy (non-hydrogen) atoms. The molecule has 0 fully saturated rings. The predicted molar refractivity (Wildman–Crippen MR) is 92.4 cm³/mol. The number of nitrogens with zero attached hydrogens (tertiary/aromatic N) is 3. The molecule has 2 rings (SSSR count). The zero-order valence-electron chi connectivity index (χ0n) is 14.1. The van der Waals surface area contributed by atoms with Crippen LogP contribution in [0, 0.1) is 0 Å². The number of carbonyl (C=O) groups is 1. The van der Waals surface area contributed by atoms with Crippen LogP contribution in [-0.2, 0) is 16.6 Å². The molecule has 8 heteroatoms. The number of carbonyl (C=O) groups excluding carboxylic acids is 1. The Morgan fingerprint density at radius 2 is 2.04 bits per heavy atom. The SMILES string of the molecule is CCCCn1nccc1NC(=O)c1cccc(S(=O)(=O)N(C)C)c1. The lowest BCUT2D eigenvalue weighted by atomic mass is 10.2. The van der Waals surface area contributed by atoms with Gasteiger partial charge in [0.05, 0.1) is 11.1 Å². The highest BCUT2D eigenvalue weighted by atomic mass is 32.2. The summed E-state index contributed by atoms with van der Waals surface area (Å²) in [6.45, 7) is 2.80. The van der Waals surface area contributed by atoms with Crippen molar-refractivity contribution in [2.75, 3.05) is 19.4 Å². The molecule has 1 heterocycles. The Bertz CT molecular complexity index is 812. The third-order valence-corrected chi connectivity index (χ3v) is 5.37. The van der Waals surface area contributed by atoms with Gasteiger partial charge in [-0.25, -0.2) is 17.4 Å². The van der Waals surface area contributed by atoms with Crippen molar-refractivity contribution < 1.29 is 13.2 Å². The van der Waals surface area contributed by atoms with E-state index in [2.05, 4.69) is 17.3 Å². The monoisotopic (exact) mass is 350 g/mol. The number of anilines is 1. The minimum Gasteiger partial charge on any atom is -0.307 e. The topological polar surface area (TPSA) is 84.3 Å². The first kappa shape index (κ1) is 18.2. The Kier molecular flexibility index (Phi) is 5.74. The molecule has 0 radical (unpaired) electrons. The van der Waals surface area contributed by atoms with Gasteiger partial charge < -0.3 is 5.32 Å². The Balaban J connectivity index is 2.21. The maximum Gasteiger partial charge on any atom is 0.256 e. The lowest BCUT2D eigenvalue weighted by Gasteiger charge is -2.12. The summed E-state index contributed by atoms with van der Waals surface area (Å²) in [7, 11) is -0.674. The molecule has 0 aliphatic carbocycles. The summed E-state index contributed by atoms with van der Waals surface area (Å²) >= 11 is 0. The van der Waals surface area contributed by atoms with E-state index in [0.717, 1.165) is 17.1 Å². The van der Waals surface area contributed by atoms with E-state index in [9.17, 15) is 13.2 Å². The zero-order chi connectivity index (χ0) is 17.7. The summed E-state index contributed by atoms with van der Waals surface area (Å²) in [4.78, 5) is 12.5. The normalized spacial score (nSPS) is 11.7. The van der Waals surface area contributed by atoms with Crippen molar-refractivity contribution in [3.8, 4) is 0 Å². The lowest BCUT2D eigenvalue weighted by Crippen LogP contribution is -2.23. The number of hydrogen-bond acceptors (Lipinski definition) is 4. The fourth-order valence-corrected chi connectivity index (χ4v) is 3.07. The fourth-order valence-electron chi connectivity index (χ4n) is 2.12. The molecule has 2 aromatic rings. The van der Waals surface area contributed by atoms with Crippen molar-refractivity contribution in [3.05, 3.63) is 42.1 Å². The van der Waals surface area contributed by atoms with E-state index in [0.29, 0.717) is 12.4 Å². The van der Waals surface area contributed by atoms with Crippen molar-refractivity contribution >= 4 is 21.7 Å². The summed E-state index contributed by atoms with van der Waals surface area (Å²) in [5.41, 5.74) is 0.279. The van der Waals surface area contributed by atoms with E-state index in [4.69, 9.17) is 0 Å². The number of unbranched alkanes of at least 4 members (excludes halogenated alkanes) is 1. The molecule has 1 aromatic carbocycles. The second kappa shape index (κ2) is 7.59. The molecular formula is C16H22N4O3S. The van der Waals surface area contributed by atoms with Crippen LogP contribution in [0.4, 0.5) is 5.82 Å². The quantitative estimate of drug-likeness (QED) is 0.829. The molecule has 0 bridgehead atoms. The number of rotatable bonds is 7. The molecule has 1 aromatic heterocycles. The number of nitrogens with one attached hydrogen (secondary N) is 1. The molecule has 0 aliphatic rings. The number of amides is 1. The molecule has 1 amide bonds. The molecule has 0 saturated carbocycles. The van der Waals surface area contributed by atoms with Gasteiger partial charge in [0, 0.05) is 32.3 Å². The van der Waals surface area contributed by atoms with Gasteiger partial charge in [0.25, 0.3) is 5.91 Å². The molecule has 0 spiro atoms. The molecule has 0 saturated heterocycles. The molecular weight excluding hydrogens is 328 g/mol. The van der Waals surface area contributed by atoms with Crippen molar-refractivity contribution in [2.24, 2.45) is 0 Å². The maximum absolute atomic E-state index is 12.4. The van der Waals surface area contributed by atoms with Crippen LogP contribution in [0.1, 0.15) is 30.1 Å². The zero-order valence-corrected chi connectivity index (χ0v) is 14.9. The minimum absolute atomic E-state index is 0.0830. The first-order chi connectivity index (χ1) is 11.4. The lowest BCUT2D eigenvalue weighted by molar-refractivity contribution is 0.102. The van der Waals surface area contributed by atoms with Crippen molar-refractivity contribution in [1.82, 2.24) is 14.1 Å². The van der Waals surface area contributed by atoms with Gasteiger partial charge in [-0.05, 0) is 24.6 Å². The van der Waals surface area contributed by atoms with Crippen LogP contribution >= 0.6 is 0 Å². The summed E-state index contributed by atoms with van der Waals surface area (Å²) in [5, 5.41) is 6.96. The van der Waals surface area contributed by atoms with Crippen LogP contribution in [0.5, 0.6) is 0 Å². The second-order valence-electron chi connectivity index (χ2n) is 5.56. The largest absolute Gasteiger partial charge is 0.307 e. The van der Waals surface area contributed by atoms with Crippen molar-refractivity contribution in [1.29, 1.82) is 0 Å². The van der Waals surface area contributed by atoms with E-state index in [-0.39, 0.29) is 16.4 Å². The van der Waals surface area contributed by atoms with Gasteiger partial charge in [-0.15, -0.1) is 0 Å². The summed E-state index contributed by atoms with van der Waals surface area (Å²) in [6.07, 6.45) is 3.61. The van der Waals surface area contributed by atoms with E-state index < -0.39 is 10.0 Å². The first-order valence-corrected chi connectivity index (χ1v) is 9.16. The van der Waals surface area contributed by atoms with Gasteiger partial charge >= 0.3 is 0 Å². The van der Waals surface area contributed by atoms with Crippen LogP contribution in [0.3, 0.4) is 0 Å². The molecule has 0 unspecified atom stereocenters. The van der Waals surface area contributed by atoms with Gasteiger partial charge in [0.2, 0.25) is 10.0 Å². The van der Waals surface area contributed by atoms with Crippen LogP contribution < -0.4 is 5.32 Å². The van der Waals surface area contributed by atoms with Gasteiger partial charge in [-0.3, -0.25) is 4.79 Å². The number of hydrogen-bond donors (Lipinski definition) is 1. The molecule has 130 valence electrons. The minimum atomic E-state index is -3.58.